The lowest BCUT2D eigenvalue weighted by Gasteiger charge is -2.35. The van der Waals surface area contributed by atoms with Crippen LogP contribution in [0.1, 0.15) is 36.5 Å². The highest BCUT2D eigenvalue weighted by Gasteiger charge is 2.27. The van der Waals surface area contributed by atoms with Crippen LogP contribution >= 0.6 is 0 Å². The van der Waals surface area contributed by atoms with Crippen molar-refractivity contribution >= 4 is 17.3 Å². The van der Waals surface area contributed by atoms with Crippen molar-refractivity contribution in [3.63, 3.8) is 0 Å². The SMILES string of the molecule is Cc1ccc2c(c1)N(C[C@H](C)CN1CCC(C(=O)O)CC1)c1ccccc1CC2. The van der Waals surface area contributed by atoms with Gasteiger partial charge >= 0.3 is 5.97 Å². The normalized spacial score (nSPS) is 18.6. The van der Waals surface area contributed by atoms with Crippen LogP contribution in [0.3, 0.4) is 0 Å². The maximum atomic E-state index is 11.2. The van der Waals surface area contributed by atoms with E-state index in [9.17, 15) is 9.90 Å². The van der Waals surface area contributed by atoms with Crippen LogP contribution in [0.2, 0.25) is 0 Å². The molecule has 154 valence electrons. The maximum absolute atomic E-state index is 11.2. The second-order valence-corrected chi connectivity index (χ2v) is 8.89. The van der Waals surface area contributed by atoms with E-state index >= 15 is 0 Å². The first-order chi connectivity index (χ1) is 14.0. The molecule has 2 aliphatic heterocycles. The summed E-state index contributed by atoms with van der Waals surface area (Å²) in [6, 6.07) is 15.7. The highest BCUT2D eigenvalue weighted by Crippen LogP contribution is 2.37. The van der Waals surface area contributed by atoms with Crippen LogP contribution in [-0.2, 0) is 17.6 Å². The molecule has 2 aromatic carbocycles. The van der Waals surface area contributed by atoms with Crippen LogP contribution in [0.25, 0.3) is 0 Å². The molecule has 0 aliphatic carbocycles. The highest BCUT2D eigenvalue weighted by molar-refractivity contribution is 5.72. The number of likely N-dealkylation sites (tertiary alicyclic amines) is 1. The number of hydrogen-bond acceptors (Lipinski definition) is 3. The topological polar surface area (TPSA) is 43.8 Å². The van der Waals surface area contributed by atoms with E-state index in [1.807, 2.05) is 0 Å². The second kappa shape index (κ2) is 8.58. The molecule has 2 heterocycles. The fraction of sp³-hybridized carbons (Fsp3) is 0.480. The Hall–Kier alpha value is -2.33. The number of carbonyl (C=O) groups is 1. The minimum atomic E-state index is -0.633. The van der Waals surface area contributed by atoms with E-state index in [0.717, 1.165) is 51.9 Å². The molecule has 2 aromatic rings. The molecular weight excluding hydrogens is 360 g/mol. The van der Waals surface area contributed by atoms with Crippen molar-refractivity contribution in [3.05, 3.63) is 59.2 Å². The molecule has 4 rings (SSSR count). The zero-order chi connectivity index (χ0) is 20.4. The molecule has 0 radical (unpaired) electrons. The highest BCUT2D eigenvalue weighted by atomic mass is 16.4. The molecule has 0 saturated carbocycles. The molecule has 1 fully saturated rings. The number of anilines is 2. The van der Waals surface area contributed by atoms with Crippen LogP contribution in [0.15, 0.2) is 42.5 Å². The Balaban J connectivity index is 1.52. The van der Waals surface area contributed by atoms with Crippen LogP contribution < -0.4 is 4.90 Å². The fourth-order valence-corrected chi connectivity index (χ4v) is 4.89. The van der Waals surface area contributed by atoms with Gasteiger partial charge in [-0.05, 0) is 80.4 Å². The summed E-state index contributed by atoms with van der Waals surface area (Å²) < 4.78 is 0. The van der Waals surface area contributed by atoms with Gasteiger partial charge in [-0.15, -0.1) is 0 Å². The Morgan fingerprint density at radius 1 is 1.03 bits per heavy atom. The van der Waals surface area contributed by atoms with Crippen molar-refractivity contribution in [3.8, 4) is 0 Å². The molecule has 1 atom stereocenters. The number of carboxylic acids is 1. The predicted octanol–water partition coefficient (Wildman–Crippen LogP) is 4.66. The molecule has 0 unspecified atom stereocenters. The number of nitrogens with zero attached hydrogens (tertiary/aromatic N) is 2. The number of piperidine rings is 1. The molecule has 2 aliphatic rings. The van der Waals surface area contributed by atoms with Crippen molar-refractivity contribution in [2.45, 2.75) is 39.5 Å². The van der Waals surface area contributed by atoms with E-state index in [-0.39, 0.29) is 5.92 Å². The van der Waals surface area contributed by atoms with Crippen molar-refractivity contribution in [1.29, 1.82) is 0 Å². The molecule has 0 spiro atoms. The Morgan fingerprint density at radius 2 is 1.72 bits per heavy atom. The number of rotatable bonds is 5. The van der Waals surface area contributed by atoms with Crippen molar-refractivity contribution < 1.29 is 9.90 Å². The number of carboxylic acid groups (broad SMARTS) is 1. The molecule has 0 aromatic heterocycles. The minimum Gasteiger partial charge on any atom is -0.481 e. The van der Waals surface area contributed by atoms with Crippen molar-refractivity contribution in [2.75, 3.05) is 31.1 Å². The maximum Gasteiger partial charge on any atom is 0.306 e. The predicted molar refractivity (Wildman–Crippen MR) is 118 cm³/mol. The zero-order valence-electron chi connectivity index (χ0n) is 17.6. The van der Waals surface area contributed by atoms with Gasteiger partial charge in [-0.25, -0.2) is 0 Å². The summed E-state index contributed by atoms with van der Waals surface area (Å²) in [4.78, 5) is 16.2. The fourth-order valence-electron chi connectivity index (χ4n) is 4.89. The molecule has 0 bridgehead atoms. The number of aliphatic carboxylic acids is 1. The van der Waals surface area contributed by atoms with Gasteiger partial charge in [-0.2, -0.15) is 0 Å². The Bertz CT molecular complexity index is 871. The summed E-state index contributed by atoms with van der Waals surface area (Å²) >= 11 is 0. The molecular formula is C25H32N2O2. The van der Waals surface area contributed by atoms with Crippen molar-refractivity contribution in [1.82, 2.24) is 4.90 Å². The molecule has 1 saturated heterocycles. The second-order valence-electron chi connectivity index (χ2n) is 8.89. The summed E-state index contributed by atoms with van der Waals surface area (Å²) in [5.41, 5.74) is 6.85. The lowest BCUT2D eigenvalue weighted by molar-refractivity contribution is -0.143. The van der Waals surface area contributed by atoms with Crippen LogP contribution in [0.4, 0.5) is 11.4 Å². The monoisotopic (exact) mass is 392 g/mol. The third-order valence-electron chi connectivity index (χ3n) is 6.48. The van der Waals surface area contributed by atoms with Crippen LogP contribution in [0.5, 0.6) is 0 Å². The summed E-state index contributed by atoms with van der Waals surface area (Å²) in [7, 11) is 0. The average molecular weight is 393 g/mol. The lowest BCUT2D eigenvalue weighted by Crippen LogP contribution is -2.40. The summed E-state index contributed by atoms with van der Waals surface area (Å²) in [6.45, 7) is 8.29. The van der Waals surface area contributed by atoms with Crippen LogP contribution in [-0.4, -0.2) is 42.2 Å². The number of para-hydroxylation sites is 1. The number of aryl methyl sites for hydroxylation is 3. The molecule has 4 heteroatoms. The Labute approximate surface area is 174 Å². The smallest absolute Gasteiger partial charge is 0.306 e. The van der Waals surface area contributed by atoms with Gasteiger partial charge in [0.15, 0.2) is 0 Å². The largest absolute Gasteiger partial charge is 0.481 e. The molecule has 29 heavy (non-hydrogen) atoms. The van der Waals surface area contributed by atoms with Gasteiger partial charge in [0.05, 0.1) is 5.92 Å². The van der Waals surface area contributed by atoms with E-state index in [0.29, 0.717) is 5.92 Å². The quantitative estimate of drug-likeness (QED) is 0.803. The third kappa shape index (κ3) is 4.48. The van der Waals surface area contributed by atoms with E-state index in [1.165, 1.54) is 28.1 Å². The van der Waals surface area contributed by atoms with Gasteiger partial charge in [-0.1, -0.05) is 37.3 Å². The number of fused-ring (bicyclic) bond motifs is 2. The number of hydrogen-bond donors (Lipinski definition) is 1. The molecule has 1 N–H and O–H groups in total. The first-order valence-electron chi connectivity index (χ1n) is 10.9. The molecule has 4 nitrogen and oxygen atoms in total. The Kier molecular flexibility index (Phi) is 5.91. The molecule has 0 amide bonds. The van der Waals surface area contributed by atoms with Crippen LogP contribution in [0, 0.1) is 18.8 Å². The van der Waals surface area contributed by atoms with Gasteiger partial charge in [0.25, 0.3) is 0 Å². The average Bonchev–Trinajstić information content (AvgIpc) is 2.86. The first-order valence-corrected chi connectivity index (χ1v) is 10.9. The van der Waals surface area contributed by atoms with Gasteiger partial charge in [0.1, 0.15) is 0 Å². The summed E-state index contributed by atoms with van der Waals surface area (Å²) in [5, 5.41) is 9.23. The van der Waals surface area contributed by atoms with Gasteiger partial charge in [-0.3, -0.25) is 4.79 Å². The first kappa shape index (κ1) is 20.0. The van der Waals surface area contributed by atoms with Gasteiger partial charge < -0.3 is 14.9 Å². The lowest BCUT2D eigenvalue weighted by atomic mass is 9.96. The zero-order valence-corrected chi connectivity index (χ0v) is 17.6. The van der Waals surface area contributed by atoms with E-state index in [1.54, 1.807) is 0 Å². The van der Waals surface area contributed by atoms with Gasteiger partial charge in [0, 0.05) is 24.5 Å². The van der Waals surface area contributed by atoms with Gasteiger partial charge in [0.2, 0.25) is 0 Å². The third-order valence-corrected chi connectivity index (χ3v) is 6.48. The Morgan fingerprint density at radius 3 is 2.45 bits per heavy atom. The van der Waals surface area contributed by atoms with E-state index < -0.39 is 5.97 Å². The number of benzene rings is 2. The van der Waals surface area contributed by atoms with Crippen molar-refractivity contribution in [2.24, 2.45) is 11.8 Å². The standard InChI is InChI=1S/C25H32N2O2/c1-18-7-8-21-10-9-20-5-3-4-6-23(20)27(24(21)15-18)17-19(2)16-26-13-11-22(12-14-26)25(28)29/h3-8,15,19,22H,9-14,16-17H2,1-2H3,(H,28,29)/t19-/m1/s1. The van der Waals surface area contributed by atoms with E-state index in [4.69, 9.17) is 0 Å². The van der Waals surface area contributed by atoms with E-state index in [2.05, 4.69) is 66.1 Å². The summed E-state index contributed by atoms with van der Waals surface area (Å²) in [5.74, 6) is -0.296. The minimum absolute atomic E-state index is 0.158. The summed E-state index contributed by atoms with van der Waals surface area (Å²) in [6.07, 6.45) is 3.72.